The Morgan fingerprint density at radius 2 is 1.42 bits per heavy atom. The highest BCUT2D eigenvalue weighted by molar-refractivity contribution is 6.06. The normalized spacial score (nSPS) is 10.7. The molecule has 0 aliphatic carbocycles. The van der Waals surface area contributed by atoms with E-state index in [1.165, 1.54) is 0 Å². The van der Waals surface area contributed by atoms with Gasteiger partial charge >= 0.3 is 0 Å². The lowest BCUT2D eigenvalue weighted by Crippen LogP contribution is -2.12. The molecule has 5 aromatic rings. The van der Waals surface area contributed by atoms with Crippen LogP contribution in [0.25, 0.3) is 22.6 Å². The number of ether oxygens (including phenoxy) is 1. The van der Waals surface area contributed by atoms with Crippen molar-refractivity contribution in [3.05, 3.63) is 109 Å². The minimum Gasteiger partial charge on any atom is -0.457 e. The maximum atomic E-state index is 12.8. The number of hydrogen-bond donors (Lipinski definition) is 1. The van der Waals surface area contributed by atoms with E-state index < -0.39 is 0 Å². The van der Waals surface area contributed by atoms with E-state index in [4.69, 9.17) is 9.15 Å². The first-order chi connectivity index (χ1) is 15.3. The van der Waals surface area contributed by atoms with Crippen LogP contribution in [0.1, 0.15) is 10.4 Å². The highest BCUT2D eigenvalue weighted by atomic mass is 16.5. The fraction of sp³-hybridized carbons (Fsp3) is 0. The Bertz CT molecular complexity index is 1310. The van der Waals surface area contributed by atoms with Crippen LogP contribution >= 0.6 is 0 Å². The number of nitrogens with one attached hydrogen (secondary N) is 1. The second-order valence-corrected chi connectivity index (χ2v) is 6.93. The lowest BCUT2D eigenvalue weighted by atomic mass is 10.1. The molecule has 1 amide bonds. The van der Waals surface area contributed by atoms with Crippen LogP contribution in [-0.2, 0) is 0 Å². The van der Waals surface area contributed by atoms with E-state index in [2.05, 4.69) is 10.3 Å². The maximum Gasteiger partial charge on any atom is 0.255 e. The van der Waals surface area contributed by atoms with Gasteiger partial charge in [-0.05, 0) is 60.7 Å². The fourth-order valence-electron chi connectivity index (χ4n) is 3.26. The number of anilines is 1. The number of nitrogens with zero attached hydrogens (tertiary/aromatic N) is 1. The van der Waals surface area contributed by atoms with Crippen molar-refractivity contribution in [3.8, 4) is 23.0 Å². The Morgan fingerprint density at radius 1 is 0.742 bits per heavy atom. The van der Waals surface area contributed by atoms with Gasteiger partial charge in [-0.2, -0.15) is 0 Å². The second kappa shape index (κ2) is 8.16. The molecule has 0 radical (unpaired) electrons. The smallest absolute Gasteiger partial charge is 0.255 e. The van der Waals surface area contributed by atoms with Crippen LogP contribution in [0.3, 0.4) is 0 Å². The minimum atomic E-state index is -0.227. The number of amides is 1. The molecule has 5 rings (SSSR count). The molecule has 0 fully saturated rings. The van der Waals surface area contributed by atoms with Crippen molar-refractivity contribution >= 4 is 22.7 Å². The van der Waals surface area contributed by atoms with Crippen LogP contribution < -0.4 is 10.1 Å². The number of rotatable bonds is 5. The fourth-order valence-corrected chi connectivity index (χ4v) is 3.26. The molecule has 150 valence electrons. The number of aromatic nitrogens is 1. The average Bonchev–Trinajstić information content (AvgIpc) is 3.25. The Labute approximate surface area is 178 Å². The summed E-state index contributed by atoms with van der Waals surface area (Å²) >= 11 is 0. The third-order valence-corrected chi connectivity index (χ3v) is 4.79. The van der Waals surface area contributed by atoms with E-state index in [-0.39, 0.29) is 5.91 Å². The highest BCUT2D eigenvalue weighted by Crippen LogP contribution is 2.30. The van der Waals surface area contributed by atoms with Gasteiger partial charge in [0.05, 0.1) is 11.3 Å². The first-order valence-electron chi connectivity index (χ1n) is 9.85. The summed E-state index contributed by atoms with van der Waals surface area (Å²) in [6, 6.07) is 31.5. The van der Waals surface area contributed by atoms with Crippen molar-refractivity contribution in [1.82, 2.24) is 4.98 Å². The Balaban J connectivity index is 1.36. The molecule has 31 heavy (non-hydrogen) atoms. The standard InChI is InChI=1S/C26H18N2O3/c29-25(18-14-16-20(17-15-18)30-19-8-2-1-3-9-19)27-22-11-5-4-10-21(22)26-28-23-12-6-7-13-24(23)31-26/h1-17H,(H,27,29). The molecule has 5 heteroatoms. The molecular formula is C26H18N2O3. The zero-order valence-electron chi connectivity index (χ0n) is 16.5. The van der Waals surface area contributed by atoms with Gasteiger partial charge in [0.1, 0.15) is 17.0 Å². The Hall–Kier alpha value is -4.38. The number of carbonyl (C=O) groups is 1. The highest BCUT2D eigenvalue weighted by Gasteiger charge is 2.14. The molecule has 0 bridgehead atoms. The van der Waals surface area contributed by atoms with Gasteiger partial charge in [-0.1, -0.05) is 42.5 Å². The second-order valence-electron chi connectivity index (χ2n) is 6.93. The molecule has 1 heterocycles. The van der Waals surface area contributed by atoms with Gasteiger partial charge in [0, 0.05) is 5.56 Å². The largest absolute Gasteiger partial charge is 0.457 e. The molecule has 0 aliphatic rings. The van der Waals surface area contributed by atoms with Crippen LogP contribution in [0.4, 0.5) is 5.69 Å². The predicted molar refractivity (Wildman–Crippen MR) is 120 cm³/mol. The van der Waals surface area contributed by atoms with Gasteiger partial charge in [-0.25, -0.2) is 4.98 Å². The van der Waals surface area contributed by atoms with E-state index in [1.807, 2.05) is 78.9 Å². The first kappa shape index (κ1) is 18.6. The van der Waals surface area contributed by atoms with Crippen LogP contribution in [0.2, 0.25) is 0 Å². The van der Waals surface area contributed by atoms with Crippen molar-refractivity contribution in [2.75, 3.05) is 5.32 Å². The van der Waals surface area contributed by atoms with E-state index in [0.29, 0.717) is 28.5 Å². The number of para-hydroxylation sites is 4. The van der Waals surface area contributed by atoms with Gasteiger partial charge < -0.3 is 14.5 Å². The van der Waals surface area contributed by atoms with E-state index in [9.17, 15) is 4.79 Å². The zero-order valence-corrected chi connectivity index (χ0v) is 16.5. The predicted octanol–water partition coefficient (Wildman–Crippen LogP) is 6.54. The average molecular weight is 406 g/mol. The van der Waals surface area contributed by atoms with Crippen molar-refractivity contribution in [2.24, 2.45) is 0 Å². The maximum absolute atomic E-state index is 12.8. The quantitative estimate of drug-likeness (QED) is 0.360. The first-order valence-corrected chi connectivity index (χ1v) is 9.85. The summed E-state index contributed by atoms with van der Waals surface area (Å²) in [5.74, 6) is 1.64. The summed E-state index contributed by atoms with van der Waals surface area (Å²) in [6.45, 7) is 0. The van der Waals surface area contributed by atoms with E-state index >= 15 is 0 Å². The molecule has 4 aromatic carbocycles. The van der Waals surface area contributed by atoms with Gasteiger partial charge in [0.25, 0.3) is 5.91 Å². The molecule has 1 aromatic heterocycles. The summed E-state index contributed by atoms with van der Waals surface area (Å²) in [6.07, 6.45) is 0. The van der Waals surface area contributed by atoms with E-state index in [1.54, 1.807) is 24.3 Å². The molecule has 0 aliphatic heterocycles. The van der Waals surface area contributed by atoms with Crippen LogP contribution in [0.5, 0.6) is 11.5 Å². The summed E-state index contributed by atoms with van der Waals surface area (Å²) in [4.78, 5) is 17.4. The van der Waals surface area contributed by atoms with Gasteiger partial charge in [0.15, 0.2) is 5.58 Å². The molecule has 0 saturated carbocycles. The SMILES string of the molecule is O=C(Nc1ccccc1-c1nc2ccccc2o1)c1ccc(Oc2ccccc2)cc1. The van der Waals surface area contributed by atoms with Gasteiger partial charge in [-0.3, -0.25) is 4.79 Å². The number of oxazole rings is 1. The van der Waals surface area contributed by atoms with Crippen LogP contribution in [0, 0.1) is 0 Å². The molecule has 0 unspecified atom stereocenters. The molecule has 5 nitrogen and oxygen atoms in total. The number of carbonyl (C=O) groups excluding carboxylic acids is 1. The number of hydrogen-bond acceptors (Lipinski definition) is 4. The van der Waals surface area contributed by atoms with Crippen molar-refractivity contribution in [2.45, 2.75) is 0 Å². The van der Waals surface area contributed by atoms with E-state index in [0.717, 1.165) is 16.8 Å². The Kier molecular flexibility index (Phi) is 4.91. The molecule has 0 atom stereocenters. The monoisotopic (exact) mass is 406 g/mol. The minimum absolute atomic E-state index is 0.227. The summed E-state index contributed by atoms with van der Waals surface area (Å²) in [5.41, 5.74) is 3.34. The molecular weight excluding hydrogens is 388 g/mol. The van der Waals surface area contributed by atoms with Gasteiger partial charge in [-0.15, -0.1) is 0 Å². The van der Waals surface area contributed by atoms with Gasteiger partial charge in [0.2, 0.25) is 5.89 Å². The van der Waals surface area contributed by atoms with Crippen molar-refractivity contribution in [3.63, 3.8) is 0 Å². The number of fused-ring (bicyclic) bond motifs is 1. The number of benzene rings is 4. The van der Waals surface area contributed by atoms with Crippen LogP contribution in [0.15, 0.2) is 108 Å². The topological polar surface area (TPSA) is 64.4 Å². The third kappa shape index (κ3) is 4.02. The molecule has 0 spiro atoms. The lowest BCUT2D eigenvalue weighted by molar-refractivity contribution is 0.102. The van der Waals surface area contributed by atoms with Crippen molar-refractivity contribution in [1.29, 1.82) is 0 Å². The lowest BCUT2D eigenvalue weighted by Gasteiger charge is -2.10. The zero-order chi connectivity index (χ0) is 21.0. The summed E-state index contributed by atoms with van der Waals surface area (Å²) in [5, 5.41) is 2.96. The van der Waals surface area contributed by atoms with Crippen LogP contribution in [-0.4, -0.2) is 10.9 Å². The van der Waals surface area contributed by atoms with Crippen molar-refractivity contribution < 1.29 is 13.9 Å². The summed E-state index contributed by atoms with van der Waals surface area (Å²) < 4.78 is 11.7. The molecule has 1 N–H and O–H groups in total. The molecule has 0 saturated heterocycles. The third-order valence-electron chi connectivity index (χ3n) is 4.79. The Morgan fingerprint density at radius 3 is 2.23 bits per heavy atom. The summed E-state index contributed by atoms with van der Waals surface area (Å²) in [7, 11) is 0.